The molecule has 7 heteroatoms. The zero-order valence-corrected chi connectivity index (χ0v) is 12.2. The number of nitrogens with two attached hydrogens (primary N) is 1. The van der Waals surface area contributed by atoms with Gasteiger partial charge in [-0.05, 0) is 19.9 Å². The van der Waals surface area contributed by atoms with Crippen LogP contribution in [0.5, 0.6) is 11.5 Å². The summed E-state index contributed by atoms with van der Waals surface area (Å²) < 4.78 is 39.7. The summed E-state index contributed by atoms with van der Waals surface area (Å²) in [5, 5.41) is 5.21. The van der Waals surface area contributed by atoms with Crippen molar-refractivity contribution in [1.82, 2.24) is 0 Å². The van der Waals surface area contributed by atoms with E-state index in [2.05, 4.69) is 0 Å². The van der Waals surface area contributed by atoms with Gasteiger partial charge in [-0.25, -0.2) is 13.6 Å². The Labute approximate surface area is 117 Å². The molecule has 0 bridgehead atoms. The number of sulfonamides is 1. The molecule has 1 atom stereocenters. The van der Waals surface area contributed by atoms with Gasteiger partial charge in [-0.15, -0.1) is 0 Å². The van der Waals surface area contributed by atoms with Crippen molar-refractivity contribution in [1.29, 1.82) is 0 Å². The minimum absolute atomic E-state index is 0.0456. The van der Waals surface area contributed by atoms with Crippen molar-refractivity contribution >= 4 is 10.0 Å². The van der Waals surface area contributed by atoms with E-state index in [4.69, 9.17) is 19.3 Å². The molecule has 2 N–H and O–H groups in total. The second kappa shape index (κ2) is 4.34. The van der Waals surface area contributed by atoms with Crippen LogP contribution in [-0.4, -0.2) is 33.3 Å². The molecule has 0 spiro atoms. The zero-order valence-electron chi connectivity index (χ0n) is 11.4. The molecule has 1 aromatic carbocycles. The van der Waals surface area contributed by atoms with Crippen LogP contribution in [0.3, 0.4) is 0 Å². The van der Waals surface area contributed by atoms with E-state index in [1.165, 1.54) is 6.07 Å². The highest BCUT2D eigenvalue weighted by molar-refractivity contribution is 7.89. The number of primary sulfonamides is 1. The maximum atomic E-state index is 11.6. The summed E-state index contributed by atoms with van der Waals surface area (Å²) in [6.07, 6.45) is 0.695. The Hall–Kier alpha value is -1.31. The first kappa shape index (κ1) is 13.7. The molecule has 2 aliphatic rings. The largest absolute Gasteiger partial charge is 0.487 e. The van der Waals surface area contributed by atoms with Crippen molar-refractivity contribution in [2.75, 3.05) is 13.2 Å². The van der Waals surface area contributed by atoms with E-state index in [1.807, 2.05) is 13.8 Å². The van der Waals surface area contributed by atoms with E-state index < -0.39 is 10.0 Å². The zero-order chi connectivity index (χ0) is 14.5. The molecule has 1 saturated heterocycles. The number of hydrogen-bond acceptors (Lipinski definition) is 5. The first-order valence-corrected chi connectivity index (χ1v) is 7.92. The third-order valence-corrected chi connectivity index (χ3v) is 4.15. The van der Waals surface area contributed by atoms with Gasteiger partial charge in [-0.3, -0.25) is 0 Å². The van der Waals surface area contributed by atoms with Gasteiger partial charge in [0.25, 0.3) is 0 Å². The van der Waals surface area contributed by atoms with E-state index in [0.717, 1.165) is 5.56 Å². The van der Waals surface area contributed by atoms with Crippen LogP contribution in [0.25, 0.3) is 0 Å². The second-order valence-electron chi connectivity index (χ2n) is 5.76. The Bertz CT molecular complexity index is 649. The summed E-state index contributed by atoms with van der Waals surface area (Å²) in [4.78, 5) is 0.0456. The van der Waals surface area contributed by atoms with Gasteiger partial charge in [0.15, 0.2) is 11.5 Å². The number of fused-ring (bicyclic) bond motifs is 1. The van der Waals surface area contributed by atoms with E-state index >= 15 is 0 Å². The van der Waals surface area contributed by atoms with Gasteiger partial charge in [0.2, 0.25) is 10.0 Å². The number of epoxide rings is 1. The molecule has 110 valence electrons. The minimum atomic E-state index is -3.77. The van der Waals surface area contributed by atoms with E-state index in [-0.39, 0.29) is 16.6 Å². The second-order valence-corrected chi connectivity index (χ2v) is 7.32. The molecule has 0 amide bonds. The van der Waals surface area contributed by atoms with Crippen LogP contribution in [0.15, 0.2) is 17.0 Å². The van der Waals surface area contributed by atoms with Gasteiger partial charge >= 0.3 is 0 Å². The quantitative estimate of drug-likeness (QED) is 0.831. The standard InChI is InChI=1S/C13H17NO5S/c1-13(2)5-8-3-10(20(14,15)16)4-11(12(8)19-13)18-7-9-6-17-9/h3-4,9H,5-7H2,1-2H3,(H2,14,15,16). The van der Waals surface area contributed by atoms with Gasteiger partial charge in [0.05, 0.1) is 11.5 Å². The minimum Gasteiger partial charge on any atom is -0.487 e. The van der Waals surface area contributed by atoms with Crippen molar-refractivity contribution in [3.63, 3.8) is 0 Å². The van der Waals surface area contributed by atoms with Crippen molar-refractivity contribution in [2.45, 2.75) is 36.9 Å². The lowest BCUT2D eigenvalue weighted by Crippen LogP contribution is -2.24. The normalized spacial score (nSPS) is 23.1. The molecule has 1 unspecified atom stereocenters. The highest BCUT2D eigenvalue weighted by Crippen LogP contribution is 2.43. The van der Waals surface area contributed by atoms with Crippen LogP contribution in [0.2, 0.25) is 0 Å². The van der Waals surface area contributed by atoms with E-state index in [0.29, 0.717) is 31.1 Å². The average Bonchev–Trinajstić information content (AvgIpc) is 3.06. The van der Waals surface area contributed by atoms with Gasteiger partial charge in [0.1, 0.15) is 18.3 Å². The molecular formula is C13H17NO5S. The Morgan fingerprint density at radius 3 is 2.75 bits per heavy atom. The molecule has 0 radical (unpaired) electrons. The summed E-state index contributed by atoms with van der Waals surface area (Å²) in [5.41, 5.74) is 0.418. The fourth-order valence-electron chi connectivity index (χ4n) is 2.27. The number of hydrogen-bond donors (Lipinski definition) is 1. The Morgan fingerprint density at radius 1 is 1.45 bits per heavy atom. The molecule has 0 aromatic heterocycles. The van der Waals surface area contributed by atoms with Crippen LogP contribution in [0.1, 0.15) is 19.4 Å². The molecule has 20 heavy (non-hydrogen) atoms. The van der Waals surface area contributed by atoms with E-state index in [1.54, 1.807) is 6.07 Å². The highest BCUT2D eigenvalue weighted by atomic mass is 32.2. The molecule has 0 saturated carbocycles. The Kier molecular flexibility index (Phi) is 2.97. The molecule has 3 rings (SSSR count). The third-order valence-electron chi connectivity index (χ3n) is 3.26. The van der Waals surface area contributed by atoms with Gasteiger partial charge in [-0.2, -0.15) is 0 Å². The smallest absolute Gasteiger partial charge is 0.238 e. The number of rotatable bonds is 4. The van der Waals surface area contributed by atoms with E-state index in [9.17, 15) is 8.42 Å². The first-order valence-electron chi connectivity index (χ1n) is 6.38. The summed E-state index contributed by atoms with van der Waals surface area (Å²) >= 11 is 0. The molecule has 2 heterocycles. The predicted molar refractivity (Wildman–Crippen MR) is 71.5 cm³/mol. The van der Waals surface area contributed by atoms with Crippen molar-refractivity contribution in [2.24, 2.45) is 5.14 Å². The molecule has 2 aliphatic heterocycles. The summed E-state index contributed by atoms with van der Waals surface area (Å²) in [7, 11) is -3.77. The maximum Gasteiger partial charge on any atom is 0.238 e. The first-order chi connectivity index (χ1) is 9.24. The van der Waals surface area contributed by atoms with Crippen LogP contribution in [0, 0.1) is 0 Å². The number of benzene rings is 1. The lowest BCUT2D eigenvalue weighted by Gasteiger charge is -2.18. The summed E-state index contributed by atoms with van der Waals surface area (Å²) in [6, 6.07) is 2.97. The van der Waals surface area contributed by atoms with Gasteiger partial charge in [-0.1, -0.05) is 0 Å². The van der Waals surface area contributed by atoms with Gasteiger partial charge < -0.3 is 14.2 Å². The summed E-state index contributed by atoms with van der Waals surface area (Å²) in [5.74, 6) is 1.01. The van der Waals surface area contributed by atoms with Crippen LogP contribution in [0.4, 0.5) is 0 Å². The maximum absolute atomic E-state index is 11.6. The third kappa shape index (κ3) is 2.74. The molecular weight excluding hydrogens is 282 g/mol. The molecule has 0 aliphatic carbocycles. The van der Waals surface area contributed by atoms with Crippen LogP contribution < -0.4 is 14.6 Å². The topological polar surface area (TPSA) is 91.2 Å². The molecule has 6 nitrogen and oxygen atoms in total. The average molecular weight is 299 g/mol. The van der Waals surface area contributed by atoms with Crippen molar-refractivity contribution < 1.29 is 22.6 Å². The Morgan fingerprint density at radius 2 is 2.15 bits per heavy atom. The lowest BCUT2D eigenvalue weighted by molar-refractivity contribution is 0.131. The van der Waals surface area contributed by atoms with Crippen LogP contribution >= 0.6 is 0 Å². The SMILES string of the molecule is CC1(C)Cc2cc(S(N)(=O)=O)cc(OCC3CO3)c2O1. The monoisotopic (exact) mass is 299 g/mol. The predicted octanol–water partition coefficient (Wildman–Crippen LogP) is 0.825. The van der Waals surface area contributed by atoms with Crippen molar-refractivity contribution in [3.8, 4) is 11.5 Å². The molecule has 1 fully saturated rings. The fourth-order valence-corrected chi connectivity index (χ4v) is 2.85. The number of ether oxygens (including phenoxy) is 3. The van der Waals surface area contributed by atoms with Crippen LogP contribution in [-0.2, 0) is 21.2 Å². The lowest BCUT2D eigenvalue weighted by atomic mass is 10.0. The Balaban J connectivity index is 2.00. The van der Waals surface area contributed by atoms with Crippen molar-refractivity contribution in [3.05, 3.63) is 17.7 Å². The summed E-state index contributed by atoms with van der Waals surface area (Å²) in [6.45, 7) is 4.93. The fraction of sp³-hybridized carbons (Fsp3) is 0.538. The highest BCUT2D eigenvalue weighted by Gasteiger charge is 2.34. The molecule has 1 aromatic rings. The van der Waals surface area contributed by atoms with Gasteiger partial charge in [0, 0.05) is 18.1 Å².